The van der Waals surface area contributed by atoms with Crippen LogP contribution in [0.15, 0.2) is 22.7 Å². The summed E-state index contributed by atoms with van der Waals surface area (Å²) >= 11 is 0. The highest BCUT2D eigenvalue weighted by atomic mass is 16.5. The zero-order valence-electron chi connectivity index (χ0n) is 14.7. The minimum atomic E-state index is 0.777. The van der Waals surface area contributed by atoms with E-state index in [2.05, 4.69) is 45.1 Å². The highest BCUT2D eigenvalue weighted by Gasteiger charge is 2.26. The Balaban J connectivity index is 0.000000753. The van der Waals surface area contributed by atoms with Crippen LogP contribution in [-0.4, -0.2) is 67.3 Å². The van der Waals surface area contributed by atoms with Crippen molar-refractivity contribution in [3.8, 4) is 0 Å². The lowest BCUT2D eigenvalue weighted by atomic mass is 10.0. The molecule has 3 heterocycles. The molecule has 0 amide bonds. The number of anilines is 1. The zero-order valence-corrected chi connectivity index (χ0v) is 14.7. The fourth-order valence-corrected chi connectivity index (χ4v) is 3.62. The molecule has 1 N–H and O–H groups in total. The minimum Gasteiger partial charge on any atom is -0.380 e. The molecule has 128 valence electrons. The van der Waals surface area contributed by atoms with E-state index in [-0.39, 0.29) is 0 Å². The summed E-state index contributed by atoms with van der Waals surface area (Å²) in [6.45, 7) is 11.2. The van der Waals surface area contributed by atoms with E-state index in [1.165, 1.54) is 44.7 Å². The molecule has 2 aliphatic rings. The molecule has 0 spiro atoms. The van der Waals surface area contributed by atoms with Crippen molar-refractivity contribution >= 4 is 16.8 Å². The monoisotopic (exact) mass is 318 g/mol. The third-order valence-corrected chi connectivity index (χ3v) is 5.12. The van der Waals surface area contributed by atoms with Crippen LogP contribution in [0.3, 0.4) is 0 Å². The highest BCUT2D eigenvalue weighted by molar-refractivity contribution is 5.78. The van der Waals surface area contributed by atoms with Gasteiger partial charge in [-0.25, -0.2) is 5.16 Å². The number of rotatable bonds is 2. The molecule has 0 bridgehead atoms. The first kappa shape index (κ1) is 16.4. The maximum atomic E-state index is 5.24. The van der Waals surface area contributed by atoms with Gasteiger partial charge in [0, 0.05) is 57.1 Å². The summed E-state index contributed by atoms with van der Waals surface area (Å²) in [7, 11) is 2.22. The summed E-state index contributed by atoms with van der Waals surface area (Å²) in [5.74, 6) is 0. The highest BCUT2D eigenvalue weighted by Crippen LogP contribution is 2.26. The minimum absolute atomic E-state index is 0.777. The molecule has 23 heavy (non-hydrogen) atoms. The third-order valence-electron chi connectivity index (χ3n) is 5.12. The number of likely N-dealkylation sites (N-methyl/N-ethyl adjacent to an activating group) is 1. The molecule has 0 radical (unpaired) electrons. The summed E-state index contributed by atoms with van der Waals surface area (Å²) in [4.78, 5) is 7.62. The number of benzene rings is 1. The first-order valence-electron chi connectivity index (χ1n) is 9.04. The standard InChI is InChI=1S/C16H24N4O.C2H6/c1-18-8-10-20(11-9-18)13-4-6-19(7-5-13)14-2-3-15-16(12-14)21-17-15;1-2/h2-3,12-13,17H,4-11H2,1H3;1-2H3. The first-order chi connectivity index (χ1) is 11.3. The van der Waals surface area contributed by atoms with Gasteiger partial charge >= 0.3 is 0 Å². The van der Waals surface area contributed by atoms with Gasteiger partial charge in [-0.1, -0.05) is 13.8 Å². The molecule has 0 aliphatic carbocycles. The van der Waals surface area contributed by atoms with Crippen LogP contribution in [0.4, 0.5) is 5.69 Å². The smallest absolute Gasteiger partial charge is 0.183 e. The second kappa shape index (κ2) is 7.41. The molecule has 1 aromatic carbocycles. The normalized spacial score (nSPS) is 21.4. The van der Waals surface area contributed by atoms with Gasteiger partial charge in [0.05, 0.1) is 0 Å². The van der Waals surface area contributed by atoms with Gasteiger partial charge in [-0.05, 0) is 32.0 Å². The van der Waals surface area contributed by atoms with Crippen LogP contribution in [0.5, 0.6) is 0 Å². The molecular weight excluding hydrogens is 288 g/mol. The van der Waals surface area contributed by atoms with E-state index in [0.717, 1.165) is 30.2 Å². The number of piperidine rings is 1. The molecule has 0 saturated carbocycles. The Morgan fingerprint density at radius 1 is 1.00 bits per heavy atom. The first-order valence-corrected chi connectivity index (χ1v) is 9.04. The fourth-order valence-electron chi connectivity index (χ4n) is 3.62. The maximum Gasteiger partial charge on any atom is 0.183 e. The number of aromatic nitrogens is 1. The molecule has 2 aliphatic heterocycles. The predicted octanol–water partition coefficient (Wildman–Crippen LogP) is 3.00. The van der Waals surface area contributed by atoms with Gasteiger partial charge in [0.2, 0.25) is 0 Å². The summed E-state index contributed by atoms with van der Waals surface area (Å²) in [5.41, 5.74) is 3.38. The molecule has 0 unspecified atom stereocenters. The summed E-state index contributed by atoms with van der Waals surface area (Å²) in [6.07, 6.45) is 2.56. The van der Waals surface area contributed by atoms with Crippen molar-refractivity contribution in [2.45, 2.75) is 32.7 Å². The number of fused-ring (bicyclic) bond motifs is 1. The van der Waals surface area contributed by atoms with E-state index in [0.29, 0.717) is 0 Å². The van der Waals surface area contributed by atoms with Gasteiger partial charge in [0.15, 0.2) is 5.58 Å². The van der Waals surface area contributed by atoms with Crippen molar-refractivity contribution < 1.29 is 4.52 Å². The Hall–Kier alpha value is -1.46. The number of piperazine rings is 1. The topological polar surface area (TPSA) is 38.6 Å². The number of hydrogen-bond acceptors (Lipinski definition) is 4. The van der Waals surface area contributed by atoms with Crippen LogP contribution in [0.2, 0.25) is 0 Å². The Labute approximate surface area is 139 Å². The SMILES string of the molecule is CC.CN1CCN(C2CCN(c3ccc4[nH]oc4c3)CC2)CC1. The lowest BCUT2D eigenvalue weighted by molar-refractivity contribution is 0.0982. The number of H-pyrrole nitrogens is 1. The Bertz CT molecular complexity index is 589. The lowest BCUT2D eigenvalue weighted by Gasteiger charge is -2.42. The molecule has 5 nitrogen and oxygen atoms in total. The molecule has 2 saturated heterocycles. The Morgan fingerprint density at radius 3 is 2.26 bits per heavy atom. The quantitative estimate of drug-likeness (QED) is 0.924. The van der Waals surface area contributed by atoms with Crippen LogP contribution >= 0.6 is 0 Å². The molecular formula is C18H30N4O. The second-order valence-electron chi connectivity index (χ2n) is 6.44. The van der Waals surface area contributed by atoms with Crippen molar-refractivity contribution in [3.05, 3.63) is 18.2 Å². The van der Waals surface area contributed by atoms with E-state index in [9.17, 15) is 0 Å². The van der Waals surface area contributed by atoms with Crippen LogP contribution < -0.4 is 4.90 Å². The van der Waals surface area contributed by atoms with E-state index in [4.69, 9.17) is 4.52 Å². The van der Waals surface area contributed by atoms with Gasteiger partial charge in [-0.3, -0.25) is 4.90 Å². The van der Waals surface area contributed by atoms with Crippen molar-refractivity contribution in [2.75, 3.05) is 51.2 Å². The molecule has 2 aromatic rings. The van der Waals surface area contributed by atoms with Gasteiger partial charge in [0.25, 0.3) is 0 Å². The number of hydrogen-bond donors (Lipinski definition) is 1. The molecule has 4 rings (SSSR count). The van der Waals surface area contributed by atoms with Crippen molar-refractivity contribution in [1.82, 2.24) is 15.0 Å². The fraction of sp³-hybridized carbons (Fsp3) is 0.667. The second-order valence-corrected chi connectivity index (χ2v) is 6.44. The lowest BCUT2D eigenvalue weighted by Crippen LogP contribution is -2.52. The number of aromatic amines is 1. The maximum absolute atomic E-state index is 5.24. The van der Waals surface area contributed by atoms with Gasteiger partial charge in [0.1, 0.15) is 5.52 Å². The van der Waals surface area contributed by atoms with Crippen LogP contribution in [0.1, 0.15) is 26.7 Å². The number of nitrogens with one attached hydrogen (secondary N) is 1. The molecule has 1 aromatic heterocycles. The van der Waals surface area contributed by atoms with Gasteiger partial charge < -0.3 is 14.3 Å². The van der Waals surface area contributed by atoms with Crippen molar-refractivity contribution in [1.29, 1.82) is 0 Å². The average Bonchev–Trinajstić information content (AvgIpc) is 2.59. The van der Waals surface area contributed by atoms with E-state index in [1.54, 1.807) is 0 Å². The largest absolute Gasteiger partial charge is 0.380 e. The summed E-state index contributed by atoms with van der Waals surface area (Å²) in [5, 5.41) is 2.84. The molecule has 2 fully saturated rings. The zero-order chi connectivity index (χ0) is 16.2. The summed E-state index contributed by atoms with van der Waals surface area (Å²) < 4.78 is 5.24. The number of nitrogens with zero attached hydrogens (tertiary/aromatic N) is 3. The van der Waals surface area contributed by atoms with Gasteiger partial charge in [-0.2, -0.15) is 0 Å². The van der Waals surface area contributed by atoms with Crippen LogP contribution in [0, 0.1) is 0 Å². The van der Waals surface area contributed by atoms with Crippen LogP contribution in [0.25, 0.3) is 11.1 Å². The average molecular weight is 318 g/mol. The van der Waals surface area contributed by atoms with Crippen molar-refractivity contribution in [3.63, 3.8) is 0 Å². The third kappa shape index (κ3) is 3.56. The Kier molecular flexibility index (Phi) is 5.28. The van der Waals surface area contributed by atoms with E-state index < -0.39 is 0 Å². The van der Waals surface area contributed by atoms with Crippen molar-refractivity contribution in [2.24, 2.45) is 0 Å². The molecule has 0 atom stereocenters. The summed E-state index contributed by atoms with van der Waals surface area (Å²) in [6, 6.07) is 7.24. The van der Waals surface area contributed by atoms with E-state index >= 15 is 0 Å². The molecule has 5 heteroatoms. The van der Waals surface area contributed by atoms with Gasteiger partial charge in [-0.15, -0.1) is 0 Å². The van der Waals surface area contributed by atoms with E-state index in [1.807, 2.05) is 13.8 Å². The Morgan fingerprint density at radius 2 is 1.70 bits per heavy atom. The predicted molar refractivity (Wildman–Crippen MR) is 96.2 cm³/mol. The van der Waals surface area contributed by atoms with Crippen LogP contribution in [-0.2, 0) is 0 Å².